The molecule has 0 heterocycles. The maximum absolute atomic E-state index is 4.76. The molecule has 6 heteroatoms. The molecule has 0 saturated carbocycles. The summed E-state index contributed by atoms with van der Waals surface area (Å²) in [5.41, 5.74) is 10.1. The maximum Gasteiger partial charge on any atom is 0.0964 e. The van der Waals surface area contributed by atoms with Gasteiger partial charge in [0.25, 0.3) is 0 Å². The van der Waals surface area contributed by atoms with Crippen LogP contribution in [0.3, 0.4) is 0 Å². The average Bonchev–Trinajstić information content (AvgIpc) is 3.03. The Kier molecular flexibility index (Phi) is 7.90. The van der Waals surface area contributed by atoms with Gasteiger partial charge in [-0.2, -0.15) is 10.2 Å². The number of aryl methyl sites for hydroxylation is 2. The third kappa shape index (κ3) is 5.66. The molecule has 0 amide bonds. The highest BCUT2D eigenvalue weighted by atomic mass is 15.1. The molecule has 218 valence electrons. The zero-order valence-corrected chi connectivity index (χ0v) is 26.1. The second-order valence-electron chi connectivity index (χ2n) is 11.5. The van der Waals surface area contributed by atoms with Crippen molar-refractivity contribution in [3.63, 3.8) is 0 Å². The fraction of sp³-hybridized carbons (Fsp3) is 0.158. The summed E-state index contributed by atoms with van der Waals surface area (Å²) in [5.74, 6) is 0. The number of hydrogen-bond acceptors (Lipinski definition) is 6. The van der Waals surface area contributed by atoms with Crippen molar-refractivity contribution in [2.24, 2.45) is 20.5 Å². The summed E-state index contributed by atoms with van der Waals surface area (Å²) in [7, 11) is 8.12. The van der Waals surface area contributed by atoms with Crippen molar-refractivity contribution in [2.75, 3.05) is 38.0 Å². The van der Waals surface area contributed by atoms with Crippen molar-refractivity contribution in [3.8, 4) is 11.1 Å². The molecule has 6 rings (SSSR count). The van der Waals surface area contributed by atoms with Crippen molar-refractivity contribution in [1.82, 2.24) is 0 Å². The van der Waals surface area contributed by atoms with Crippen LogP contribution in [0.1, 0.15) is 11.1 Å². The van der Waals surface area contributed by atoms with E-state index in [2.05, 4.69) is 119 Å². The van der Waals surface area contributed by atoms with Gasteiger partial charge in [-0.25, -0.2) is 0 Å². The molecule has 0 aromatic heterocycles. The molecule has 0 N–H and O–H groups in total. The smallest absolute Gasteiger partial charge is 0.0964 e. The maximum atomic E-state index is 4.76. The molecule has 6 nitrogen and oxygen atoms in total. The Morgan fingerprint density at radius 3 is 1.09 bits per heavy atom. The first kappa shape index (κ1) is 28.7. The molecule has 0 radical (unpaired) electrons. The van der Waals surface area contributed by atoms with Gasteiger partial charge in [-0.05, 0) is 108 Å². The normalized spacial score (nSPS) is 11.7. The van der Waals surface area contributed by atoms with Crippen molar-refractivity contribution < 1.29 is 0 Å². The lowest BCUT2D eigenvalue weighted by Gasteiger charge is -2.16. The summed E-state index contributed by atoms with van der Waals surface area (Å²) >= 11 is 0. The number of rotatable bonds is 7. The van der Waals surface area contributed by atoms with E-state index in [-0.39, 0.29) is 0 Å². The predicted molar refractivity (Wildman–Crippen MR) is 186 cm³/mol. The topological polar surface area (TPSA) is 55.9 Å². The number of anilines is 2. The molecule has 6 aromatic carbocycles. The summed E-state index contributed by atoms with van der Waals surface area (Å²) < 4.78 is 0. The summed E-state index contributed by atoms with van der Waals surface area (Å²) in [5, 5.41) is 23.1. The minimum absolute atomic E-state index is 0.822. The Hall–Kier alpha value is -5.36. The van der Waals surface area contributed by atoms with Gasteiger partial charge in [-0.1, -0.05) is 48.5 Å². The van der Waals surface area contributed by atoms with Crippen molar-refractivity contribution in [3.05, 3.63) is 120 Å². The van der Waals surface area contributed by atoms with Crippen molar-refractivity contribution >= 4 is 55.7 Å². The van der Waals surface area contributed by atoms with E-state index in [0.29, 0.717) is 0 Å². The Morgan fingerprint density at radius 2 is 0.750 bits per heavy atom. The lowest BCUT2D eigenvalue weighted by molar-refractivity contribution is 1.13. The molecular formula is C38H36N6. The van der Waals surface area contributed by atoms with E-state index in [4.69, 9.17) is 10.2 Å². The van der Waals surface area contributed by atoms with Crippen LogP contribution >= 0.6 is 0 Å². The fourth-order valence-electron chi connectivity index (χ4n) is 5.56. The van der Waals surface area contributed by atoms with Crippen LogP contribution in [0.2, 0.25) is 0 Å². The largest absolute Gasteiger partial charge is 0.378 e. The van der Waals surface area contributed by atoms with Gasteiger partial charge in [0, 0.05) is 50.3 Å². The molecule has 0 aliphatic rings. The lowest BCUT2D eigenvalue weighted by Crippen LogP contribution is -2.07. The van der Waals surface area contributed by atoms with Crippen LogP contribution in [0.25, 0.3) is 32.7 Å². The Morgan fingerprint density at radius 1 is 0.409 bits per heavy atom. The molecule has 0 saturated heterocycles. The third-order valence-corrected chi connectivity index (χ3v) is 7.97. The van der Waals surface area contributed by atoms with Crippen molar-refractivity contribution in [2.45, 2.75) is 13.8 Å². The second kappa shape index (κ2) is 12.1. The van der Waals surface area contributed by atoms with E-state index in [1.807, 2.05) is 52.5 Å². The van der Waals surface area contributed by atoms with Gasteiger partial charge in [-0.15, -0.1) is 10.2 Å². The molecule has 0 spiro atoms. The summed E-state index contributed by atoms with van der Waals surface area (Å²) in [4.78, 5) is 4.14. The second-order valence-corrected chi connectivity index (χ2v) is 11.5. The van der Waals surface area contributed by atoms with Crippen LogP contribution in [-0.2, 0) is 0 Å². The Bertz CT molecular complexity index is 1870. The third-order valence-electron chi connectivity index (χ3n) is 7.97. The number of fused-ring (bicyclic) bond motifs is 2. The minimum Gasteiger partial charge on any atom is -0.378 e. The predicted octanol–water partition coefficient (Wildman–Crippen LogP) is 11.2. The molecule has 0 aliphatic carbocycles. The van der Waals surface area contributed by atoms with Crippen LogP contribution in [0.15, 0.2) is 130 Å². The molecule has 0 unspecified atom stereocenters. The number of azo groups is 2. The van der Waals surface area contributed by atoms with E-state index in [1.54, 1.807) is 0 Å². The van der Waals surface area contributed by atoms with E-state index >= 15 is 0 Å². The zero-order valence-electron chi connectivity index (χ0n) is 26.1. The number of hydrogen-bond donors (Lipinski definition) is 0. The molecule has 44 heavy (non-hydrogen) atoms. The molecule has 0 bridgehead atoms. The van der Waals surface area contributed by atoms with Crippen LogP contribution in [0.4, 0.5) is 34.1 Å². The van der Waals surface area contributed by atoms with Crippen LogP contribution in [-0.4, -0.2) is 28.2 Å². The molecular weight excluding hydrogens is 540 g/mol. The zero-order chi connectivity index (χ0) is 30.8. The molecule has 0 aliphatic heterocycles. The van der Waals surface area contributed by atoms with Crippen LogP contribution in [0, 0.1) is 13.8 Å². The lowest BCUT2D eigenvalue weighted by atomic mass is 9.89. The first-order valence-electron chi connectivity index (χ1n) is 14.7. The SMILES string of the molecule is Cc1cc(-c2cc(C)c(N=Nc3ccc(N(C)C)cc3)c3ccccc23)c2ccccc2c1N=Nc1ccc(N(C)C)cc1. The summed E-state index contributed by atoms with van der Waals surface area (Å²) in [6.45, 7) is 4.22. The van der Waals surface area contributed by atoms with Gasteiger partial charge in [0.2, 0.25) is 0 Å². The van der Waals surface area contributed by atoms with Crippen molar-refractivity contribution in [1.29, 1.82) is 0 Å². The Balaban J connectivity index is 1.43. The number of benzene rings is 6. The monoisotopic (exact) mass is 576 g/mol. The van der Waals surface area contributed by atoms with Gasteiger partial charge < -0.3 is 9.80 Å². The average molecular weight is 577 g/mol. The minimum atomic E-state index is 0.822. The van der Waals surface area contributed by atoms with Gasteiger partial charge in [0.05, 0.1) is 22.7 Å². The highest BCUT2D eigenvalue weighted by Gasteiger charge is 2.16. The highest BCUT2D eigenvalue weighted by Crippen LogP contribution is 2.43. The quantitative estimate of drug-likeness (QED) is 0.177. The van der Waals surface area contributed by atoms with Crippen LogP contribution < -0.4 is 9.80 Å². The fourth-order valence-corrected chi connectivity index (χ4v) is 5.56. The first-order chi connectivity index (χ1) is 21.3. The summed E-state index contributed by atoms with van der Waals surface area (Å²) in [6, 6.07) is 37.6. The van der Waals surface area contributed by atoms with E-state index in [0.717, 1.165) is 77.9 Å². The first-order valence-corrected chi connectivity index (χ1v) is 14.7. The summed E-state index contributed by atoms with van der Waals surface area (Å²) in [6.07, 6.45) is 0. The van der Waals surface area contributed by atoms with E-state index in [1.165, 1.54) is 0 Å². The molecule has 0 atom stereocenters. The van der Waals surface area contributed by atoms with Gasteiger partial charge in [0.1, 0.15) is 0 Å². The molecule has 6 aromatic rings. The molecule has 0 fully saturated rings. The van der Waals surface area contributed by atoms with Crippen LogP contribution in [0.5, 0.6) is 0 Å². The number of nitrogens with zero attached hydrogens (tertiary/aromatic N) is 6. The van der Waals surface area contributed by atoms with E-state index < -0.39 is 0 Å². The van der Waals surface area contributed by atoms with Gasteiger partial charge in [0.15, 0.2) is 0 Å². The van der Waals surface area contributed by atoms with Gasteiger partial charge >= 0.3 is 0 Å². The van der Waals surface area contributed by atoms with Gasteiger partial charge in [-0.3, -0.25) is 0 Å². The standard InChI is InChI=1S/C38H36N6/c1-25-23-35(31-11-7-9-13-33(31)37(25)41-39-27-15-19-29(20-16-27)43(3)4)36-24-26(2)38(34-14-10-8-12-32(34)36)42-40-28-17-21-30(22-18-28)44(5)6/h7-24H,1-6H3. The Labute approximate surface area is 259 Å². The van der Waals surface area contributed by atoms with E-state index in [9.17, 15) is 0 Å². The highest BCUT2D eigenvalue weighted by molar-refractivity contribution is 6.11.